The zero-order valence-corrected chi connectivity index (χ0v) is 8.57. The number of hydrogen-bond acceptors (Lipinski definition) is 2. The minimum atomic E-state index is 0.140. The Morgan fingerprint density at radius 3 is 3.30 bits per heavy atom. The Labute approximate surface area is 76.4 Å². The van der Waals surface area contributed by atoms with Gasteiger partial charge in [0.05, 0.1) is 5.02 Å². The van der Waals surface area contributed by atoms with E-state index in [1.165, 1.54) is 0 Å². The highest BCUT2D eigenvalue weighted by molar-refractivity contribution is 14.2. The molecule has 0 aromatic carbocycles. The van der Waals surface area contributed by atoms with E-state index in [1.54, 1.807) is 6.20 Å². The van der Waals surface area contributed by atoms with Crippen molar-refractivity contribution >= 4 is 43.9 Å². The number of aromatic nitrogens is 1. The van der Waals surface area contributed by atoms with Gasteiger partial charge in [-0.25, -0.2) is 4.98 Å². The molecule has 0 unspecified atom stereocenters. The van der Waals surface area contributed by atoms with Gasteiger partial charge >= 0.3 is 0 Å². The van der Waals surface area contributed by atoms with E-state index in [1.807, 2.05) is 15.0 Å². The molecule has 0 amide bonds. The van der Waals surface area contributed by atoms with Gasteiger partial charge in [0.25, 0.3) is 0 Å². The maximum Gasteiger partial charge on any atom is 0.115 e. The first-order chi connectivity index (χ1) is 4.88. The van der Waals surface area contributed by atoms with Gasteiger partial charge in [0.2, 0.25) is 0 Å². The summed E-state index contributed by atoms with van der Waals surface area (Å²) in [6, 6.07) is 1.84. The molecule has 52 valence electrons. The topological polar surface area (TPSA) is 12.9 Å². The molecule has 0 saturated carbocycles. The number of fused-ring (bicyclic) bond motifs is 1. The van der Waals surface area contributed by atoms with Gasteiger partial charge in [-0.05, 0) is 38.4 Å². The minimum Gasteiger partial charge on any atom is -0.248 e. The lowest BCUT2D eigenvalue weighted by Gasteiger charge is -1.95. The Morgan fingerprint density at radius 2 is 2.50 bits per heavy atom. The van der Waals surface area contributed by atoms with Crippen molar-refractivity contribution in [1.29, 1.82) is 0 Å². The van der Waals surface area contributed by atoms with Gasteiger partial charge < -0.3 is 0 Å². The van der Waals surface area contributed by atoms with Crippen molar-refractivity contribution < 1.29 is 0 Å². The van der Waals surface area contributed by atoms with Crippen molar-refractivity contribution in [2.45, 2.75) is 5.03 Å². The molecule has 0 radical (unpaired) electrons. The van der Waals surface area contributed by atoms with E-state index in [4.69, 9.17) is 11.6 Å². The molecule has 10 heavy (non-hydrogen) atoms. The van der Waals surface area contributed by atoms with Gasteiger partial charge in [-0.2, -0.15) is 0 Å². The van der Waals surface area contributed by atoms with Gasteiger partial charge in [-0.1, -0.05) is 11.6 Å². The predicted octanol–water partition coefficient (Wildman–Crippen LogP) is 2.88. The molecule has 4 heteroatoms. The van der Waals surface area contributed by atoms with Crippen LogP contribution < -0.4 is 0 Å². The van der Waals surface area contributed by atoms with E-state index in [9.17, 15) is 0 Å². The van der Waals surface area contributed by atoms with Crippen LogP contribution in [-0.2, 0) is 0 Å². The lowest BCUT2D eigenvalue weighted by atomic mass is 10.3. The molecule has 0 spiro atoms. The van der Waals surface area contributed by atoms with E-state index < -0.39 is 0 Å². The minimum absolute atomic E-state index is 0.140. The maximum atomic E-state index is 5.90. The van der Waals surface area contributed by atoms with Gasteiger partial charge in [0.15, 0.2) is 0 Å². The molecule has 0 saturated heterocycles. The molecular formula is C6H3ClINS. The Morgan fingerprint density at radius 1 is 1.60 bits per heavy atom. The summed E-state index contributed by atoms with van der Waals surface area (Å²) in [6.07, 6.45) is 1.76. The van der Waals surface area contributed by atoms with Crippen molar-refractivity contribution in [2.24, 2.45) is 0 Å². The number of pyridine rings is 1. The standard InChI is InChI=1S/C6H3ClINS/c7-5-1-2-9-6-4(5)3-8-10-6/h1-3H. The van der Waals surface area contributed by atoms with Crippen LogP contribution >= 0.6 is 39.9 Å². The van der Waals surface area contributed by atoms with E-state index in [0.29, 0.717) is 0 Å². The first kappa shape index (κ1) is 7.06. The Balaban J connectivity index is 2.67. The second-order valence-electron chi connectivity index (χ2n) is 1.79. The summed E-state index contributed by atoms with van der Waals surface area (Å²) < 4.78 is 2.22. The molecule has 1 aliphatic rings. The molecule has 1 aromatic heterocycles. The van der Waals surface area contributed by atoms with Crippen molar-refractivity contribution in [3.05, 3.63) is 22.8 Å². The molecule has 0 fully saturated rings. The lowest BCUT2D eigenvalue weighted by molar-refractivity contribution is 1.14. The van der Waals surface area contributed by atoms with Crippen LogP contribution in [0.1, 0.15) is 5.56 Å². The van der Waals surface area contributed by atoms with Crippen molar-refractivity contribution in [1.82, 2.24) is 4.98 Å². The fourth-order valence-electron chi connectivity index (χ4n) is 0.701. The molecule has 0 N–H and O–H groups in total. The average molecular weight is 284 g/mol. The van der Waals surface area contributed by atoms with E-state index in [-0.39, 0.29) is 19.3 Å². The quantitative estimate of drug-likeness (QED) is 0.679. The van der Waals surface area contributed by atoms with Crippen LogP contribution in [0.25, 0.3) is 0 Å². The fourth-order valence-corrected chi connectivity index (χ4v) is 5.47. The Kier molecular flexibility index (Phi) is 1.97. The molecule has 0 bridgehead atoms. The normalized spacial score (nSPS) is 14.5. The van der Waals surface area contributed by atoms with Gasteiger partial charge in [-0.15, -0.1) is 0 Å². The maximum absolute atomic E-state index is 5.90. The van der Waals surface area contributed by atoms with Crippen molar-refractivity contribution in [3.8, 4) is 0 Å². The molecular weight excluding hydrogens is 280 g/mol. The van der Waals surface area contributed by atoms with Crippen molar-refractivity contribution in [3.63, 3.8) is 0 Å². The largest absolute Gasteiger partial charge is 0.248 e. The number of hydrogen-bond donors (Lipinski definition) is 0. The third-order valence-electron chi connectivity index (χ3n) is 1.17. The number of rotatable bonds is 0. The summed E-state index contributed by atoms with van der Waals surface area (Å²) in [4.78, 5) is 4.19. The monoisotopic (exact) mass is 283 g/mol. The molecule has 2 rings (SSSR count). The first-order valence-corrected chi connectivity index (χ1v) is 7.64. The van der Waals surface area contributed by atoms with Gasteiger partial charge in [0.1, 0.15) is 5.03 Å². The summed E-state index contributed by atoms with van der Waals surface area (Å²) in [6.45, 7) is 0. The summed E-state index contributed by atoms with van der Waals surface area (Å²) >= 11 is 6.04. The third-order valence-corrected chi connectivity index (χ3v) is 5.55. The van der Waals surface area contributed by atoms with Crippen LogP contribution in [0.4, 0.5) is 0 Å². The lowest BCUT2D eigenvalue weighted by Crippen LogP contribution is -1.83. The Hall–Kier alpha value is 0.390. The van der Waals surface area contributed by atoms with E-state index >= 15 is 0 Å². The molecule has 1 aliphatic heterocycles. The summed E-state index contributed by atoms with van der Waals surface area (Å²) in [7, 11) is 1.84. The molecule has 2 heterocycles. The third kappa shape index (κ3) is 1.10. The van der Waals surface area contributed by atoms with E-state index in [0.717, 1.165) is 15.6 Å². The summed E-state index contributed by atoms with van der Waals surface area (Å²) in [5.41, 5.74) is 1.15. The molecule has 1 nitrogen and oxygen atoms in total. The van der Waals surface area contributed by atoms with Crippen LogP contribution in [0, 0.1) is 0 Å². The number of nitrogens with zero attached hydrogens (tertiary/aromatic N) is 1. The average Bonchev–Trinajstić information content (AvgIpc) is 2.36. The van der Waals surface area contributed by atoms with Crippen LogP contribution in [0.3, 0.4) is 0 Å². The molecule has 1 aromatic rings. The predicted molar refractivity (Wildman–Crippen MR) is 54.3 cm³/mol. The number of halogens is 2. The van der Waals surface area contributed by atoms with Crippen LogP contribution in [-0.4, -0.2) is 9.00 Å². The van der Waals surface area contributed by atoms with E-state index in [2.05, 4.69) is 9.00 Å². The smallest absolute Gasteiger partial charge is 0.115 e. The summed E-state index contributed by atoms with van der Waals surface area (Å²) in [5, 5.41) is 1.95. The molecule has 0 aliphatic carbocycles. The van der Waals surface area contributed by atoms with Crippen LogP contribution in [0.15, 0.2) is 17.3 Å². The first-order valence-electron chi connectivity index (χ1n) is 2.66. The zero-order chi connectivity index (χ0) is 6.97. The highest BCUT2D eigenvalue weighted by Gasteiger charge is 2.09. The SMILES string of the molecule is Clc1ccnc2c1C=IS2. The second kappa shape index (κ2) is 2.79. The summed E-state index contributed by atoms with van der Waals surface area (Å²) in [5.74, 6) is 0. The molecule has 0 atom stereocenters. The van der Waals surface area contributed by atoms with Gasteiger partial charge in [-0.3, -0.25) is 0 Å². The van der Waals surface area contributed by atoms with Crippen molar-refractivity contribution in [2.75, 3.05) is 0 Å². The second-order valence-corrected chi connectivity index (χ2v) is 6.38. The highest BCUT2D eigenvalue weighted by atomic mass is 127. The van der Waals surface area contributed by atoms with Gasteiger partial charge in [0, 0.05) is 11.8 Å². The van der Waals surface area contributed by atoms with Crippen LogP contribution in [0.2, 0.25) is 5.02 Å². The van der Waals surface area contributed by atoms with Crippen LogP contribution in [0.5, 0.6) is 0 Å². The Bertz CT molecular complexity index is 300. The zero-order valence-electron chi connectivity index (χ0n) is 4.84. The fraction of sp³-hybridized carbons (Fsp3) is 0. The highest BCUT2D eigenvalue weighted by Crippen LogP contribution is 2.39.